The Morgan fingerprint density at radius 3 is 2.15 bits per heavy atom. The van der Waals surface area contributed by atoms with Gasteiger partial charge in [0.15, 0.2) is 0 Å². The molecule has 3 aromatic rings. The van der Waals surface area contributed by atoms with Gasteiger partial charge in [-0.2, -0.15) is 0 Å². The third kappa shape index (κ3) is 2.09. The number of hydrogen-bond acceptors (Lipinski definition) is 3. The minimum Gasteiger partial charge on any atom is -0.494 e. The monoisotopic (exact) mass is 266 g/mol. The third-order valence-electron chi connectivity index (χ3n) is 3.50. The van der Waals surface area contributed by atoms with E-state index < -0.39 is 0 Å². The van der Waals surface area contributed by atoms with Crippen molar-refractivity contribution in [3.8, 4) is 5.75 Å². The molecule has 0 radical (unpaired) electrons. The van der Waals surface area contributed by atoms with Crippen LogP contribution in [0.25, 0.3) is 22.1 Å². The molecule has 1 aromatic heterocycles. The molecule has 0 bridgehead atoms. The molecule has 0 aliphatic heterocycles. The van der Waals surface area contributed by atoms with Crippen LogP contribution in [0.15, 0.2) is 36.4 Å². The number of aromatic nitrogens is 2. The number of hydrogen-bond donors (Lipinski definition) is 0. The first-order chi connectivity index (χ1) is 9.49. The average Bonchev–Trinajstić information content (AvgIpc) is 2.42. The van der Waals surface area contributed by atoms with Gasteiger partial charge in [-0.15, -0.1) is 0 Å². The second-order valence-corrected chi connectivity index (χ2v) is 6.01. The van der Waals surface area contributed by atoms with E-state index in [1.807, 2.05) is 24.3 Å². The molecule has 0 N–H and O–H groups in total. The minimum atomic E-state index is 0.0504. The molecule has 0 spiro atoms. The highest BCUT2D eigenvalue weighted by atomic mass is 16.5. The molecule has 0 saturated carbocycles. The Balaban J connectivity index is 2.39. The molecular formula is C17H18N2O. The van der Waals surface area contributed by atoms with Crippen LogP contribution < -0.4 is 4.74 Å². The van der Waals surface area contributed by atoms with E-state index in [1.54, 1.807) is 7.11 Å². The van der Waals surface area contributed by atoms with E-state index in [0.717, 1.165) is 27.8 Å². The zero-order valence-electron chi connectivity index (χ0n) is 12.3. The lowest BCUT2D eigenvalue weighted by molar-refractivity contribution is 0.417. The summed E-state index contributed by atoms with van der Waals surface area (Å²) in [4.78, 5) is 9.40. The van der Waals surface area contributed by atoms with Crippen LogP contribution in [-0.2, 0) is 5.41 Å². The van der Waals surface area contributed by atoms with Crippen LogP contribution in [0.5, 0.6) is 5.75 Å². The fraction of sp³-hybridized carbons (Fsp3) is 0.294. The van der Waals surface area contributed by atoms with Crippen molar-refractivity contribution in [3.05, 3.63) is 42.0 Å². The van der Waals surface area contributed by atoms with Crippen LogP contribution >= 0.6 is 0 Å². The maximum atomic E-state index is 5.51. The fourth-order valence-electron chi connectivity index (χ4n) is 2.28. The molecule has 3 rings (SSSR count). The second kappa shape index (κ2) is 4.44. The number of fused-ring (bicyclic) bond motifs is 2. The quantitative estimate of drug-likeness (QED) is 0.622. The summed E-state index contributed by atoms with van der Waals surface area (Å²) >= 11 is 0. The summed E-state index contributed by atoms with van der Waals surface area (Å²) in [5.74, 6) is 0.783. The van der Waals surface area contributed by atoms with Gasteiger partial charge in [-0.1, -0.05) is 32.9 Å². The Hall–Kier alpha value is -2.16. The second-order valence-electron chi connectivity index (χ2n) is 6.01. The Morgan fingerprint density at radius 2 is 1.55 bits per heavy atom. The summed E-state index contributed by atoms with van der Waals surface area (Å²) in [5.41, 5.74) is 4.75. The van der Waals surface area contributed by atoms with E-state index in [4.69, 9.17) is 9.72 Å². The van der Waals surface area contributed by atoms with Crippen LogP contribution in [0.1, 0.15) is 26.3 Å². The highest BCUT2D eigenvalue weighted by Crippen LogP contribution is 2.32. The van der Waals surface area contributed by atoms with Crippen molar-refractivity contribution >= 4 is 22.1 Å². The molecular weight excluding hydrogens is 248 g/mol. The maximum Gasteiger partial charge on any atom is 0.147 e. The molecule has 0 amide bonds. The van der Waals surface area contributed by atoms with Crippen molar-refractivity contribution < 1.29 is 4.74 Å². The largest absolute Gasteiger partial charge is 0.494 e. The van der Waals surface area contributed by atoms with Gasteiger partial charge in [0.05, 0.1) is 23.7 Å². The molecule has 0 fully saturated rings. The molecule has 20 heavy (non-hydrogen) atoms. The molecule has 102 valence electrons. The first kappa shape index (κ1) is 12.9. The Kier molecular flexibility index (Phi) is 2.85. The first-order valence-corrected chi connectivity index (χ1v) is 6.74. The van der Waals surface area contributed by atoms with Gasteiger partial charge in [0.25, 0.3) is 0 Å². The van der Waals surface area contributed by atoms with Crippen molar-refractivity contribution in [3.63, 3.8) is 0 Å². The molecule has 1 heterocycles. The summed E-state index contributed by atoms with van der Waals surface area (Å²) < 4.78 is 5.51. The molecule has 0 aliphatic carbocycles. The van der Waals surface area contributed by atoms with Crippen molar-refractivity contribution in [2.24, 2.45) is 0 Å². The molecule has 3 nitrogen and oxygen atoms in total. The summed E-state index contributed by atoms with van der Waals surface area (Å²) in [5, 5.41) is 0. The van der Waals surface area contributed by atoms with Gasteiger partial charge in [-0.3, -0.25) is 0 Å². The lowest BCUT2D eigenvalue weighted by Crippen LogP contribution is -2.11. The van der Waals surface area contributed by atoms with E-state index in [2.05, 4.69) is 37.9 Å². The number of ether oxygens (including phenoxy) is 1. The van der Waals surface area contributed by atoms with E-state index in [1.165, 1.54) is 5.56 Å². The summed E-state index contributed by atoms with van der Waals surface area (Å²) in [7, 11) is 1.68. The number of rotatable bonds is 1. The van der Waals surface area contributed by atoms with Crippen LogP contribution in [0.3, 0.4) is 0 Å². The number of methoxy groups -OCH3 is 1. The minimum absolute atomic E-state index is 0.0504. The Morgan fingerprint density at radius 1 is 0.900 bits per heavy atom. The van der Waals surface area contributed by atoms with Gasteiger partial charge < -0.3 is 4.74 Å². The predicted molar refractivity (Wildman–Crippen MR) is 82.3 cm³/mol. The zero-order valence-corrected chi connectivity index (χ0v) is 12.3. The van der Waals surface area contributed by atoms with Gasteiger partial charge in [0.1, 0.15) is 11.3 Å². The molecule has 0 saturated heterocycles. The smallest absolute Gasteiger partial charge is 0.147 e. The van der Waals surface area contributed by atoms with Crippen molar-refractivity contribution in [2.45, 2.75) is 26.2 Å². The topological polar surface area (TPSA) is 35.0 Å². The van der Waals surface area contributed by atoms with Gasteiger partial charge in [-0.25, -0.2) is 9.97 Å². The number of para-hydroxylation sites is 2. The lowest BCUT2D eigenvalue weighted by atomic mass is 9.86. The number of benzene rings is 2. The SMILES string of the molecule is COc1cc(C(C)(C)C)cc2nc3ccccc3nc12. The Bertz CT molecular complexity index is 788. The molecule has 2 aromatic carbocycles. The van der Waals surface area contributed by atoms with Gasteiger partial charge in [0, 0.05) is 0 Å². The van der Waals surface area contributed by atoms with Crippen LogP contribution in [0.2, 0.25) is 0 Å². The van der Waals surface area contributed by atoms with E-state index in [9.17, 15) is 0 Å². The first-order valence-electron chi connectivity index (χ1n) is 6.74. The van der Waals surface area contributed by atoms with E-state index in [-0.39, 0.29) is 5.41 Å². The molecule has 0 aliphatic rings. The summed E-state index contributed by atoms with van der Waals surface area (Å²) in [6.45, 7) is 6.55. The van der Waals surface area contributed by atoms with Crippen LogP contribution in [0.4, 0.5) is 0 Å². The van der Waals surface area contributed by atoms with Gasteiger partial charge in [0.2, 0.25) is 0 Å². The maximum absolute atomic E-state index is 5.51. The third-order valence-corrected chi connectivity index (χ3v) is 3.50. The summed E-state index contributed by atoms with van der Waals surface area (Å²) in [6.07, 6.45) is 0. The van der Waals surface area contributed by atoms with Gasteiger partial charge in [-0.05, 0) is 35.2 Å². The summed E-state index contributed by atoms with van der Waals surface area (Å²) in [6, 6.07) is 12.1. The predicted octanol–water partition coefficient (Wildman–Crippen LogP) is 4.09. The van der Waals surface area contributed by atoms with Crippen molar-refractivity contribution in [2.75, 3.05) is 7.11 Å². The molecule has 3 heteroatoms. The zero-order chi connectivity index (χ0) is 14.3. The number of nitrogens with zero attached hydrogens (tertiary/aromatic N) is 2. The van der Waals surface area contributed by atoms with Crippen molar-refractivity contribution in [1.82, 2.24) is 9.97 Å². The lowest BCUT2D eigenvalue weighted by Gasteiger charge is -2.20. The van der Waals surface area contributed by atoms with E-state index >= 15 is 0 Å². The Labute approximate surface area is 118 Å². The normalized spacial score (nSPS) is 12.0. The molecule has 0 unspecified atom stereocenters. The highest BCUT2D eigenvalue weighted by molar-refractivity contribution is 5.90. The molecule has 0 atom stereocenters. The van der Waals surface area contributed by atoms with E-state index in [0.29, 0.717) is 0 Å². The average molecular weight is 266 g/mol. The van der Waals surface area contributed by atoms with Crippen LogP contribution in [0, 0.1) is 0 Å². The highest BCUT2D eigenvalue weighted by Gasteiger charge is 2.18. The van der Waals surface area contributed by atoms with Gasteiger partial charge >= 0.3 is 0 Å². The van der Waals surface area contributed by atoms with Crippen molar-refractivity contribution in [1.29, 1.82) is 0 Å². The van der Waals surface area contributed by atoms with Crippen LogP contribution in [-0.4, -0.2) is 17.1 Å². The fourth-order valence-corrected chi connectivity index (χ4v) is 2.28. The standard InChI is InChI=1S/C17H18N2O/c1-17(2,3)11-9-14-16(15(10-11)20-4)19-13-8-6-5-7-12(13)18-14/h5-10H,1-4H3.